The molecule has 8 nitrogen and oxygen atoms in total. The maximum Gasteiger partial charge on any atom is 0.322 e. The van der Waals surface area contributed by atoms with Gasteiger partial charge in [-0.25, -0.2) is 0 Å². The third kappa shape index (κ3) is 6.54. The SMILES string of the molecule is CCC1(c2cccc(OC(=O)CC(O)C(=O)NCC(=O)O)c2)CCCCN(C)C1. The van der Waals surface area contributed by atoms with Crippen LogP contribution in [0, 0.1) is 0 Å². The number of carboxylic acid groups (broad SMARTS) is 1. The van der Waals surface area contributed by atoms with Crippen molar-refractivity contribution in [3.63, 3.8) is 0 Å². The summed E-state index contributed by atoms with van der Waals surface area (Å²) in [5.74, 6) is -2.56. The van der Waals surface area contributed by atoms with Gasteiger partial charge in [0.25, 0.3) is 0 Å². The van der Waals surface area contributed by atoms with Gasteiger partial charge in [-0.15, -0.1) is 0 Å². The zero-order valence-electron chi connectivity index (χ0n) is 17.0. The van der Waals surface area contributed by atoms with E-state index in [1.54, 1.807) is 6.07 Å². The second-order valence-electron chi connectivity index (χ2n) is 7.66. The molecule has 0 saturated carbocycles. The lowest BCUT2D eigenvalue weighted by Gasteiger charge is -2.35. The summed E-state index contributed by atoms with van der Waals surface area (Å²) in [6.07, 6.45) is 2.11. The number of ether oxygens (including phenoxy) is 1. The van der Waals surface area contributed by atoms with E-state index in [1.807, 2.05) is 23.5 Å². The largest absolute Gasteiger partial charge is 0.480 e. The Morgan fingerprint density at radius 1 is 1.31 bits per heavy atom. The van der Waals surface area contributed by atoms with E-state index in [0.717, 1.165) is 44.3 Å². The van der Waals surface area contributed by atoms with E-state index in [0.29, 0.717) is 5.75 Å². The number of benzene rings is 1. The van der Waals surface area contributed by atoms with Gasteiger partial charge in [0, 0.05) is 12.0 Å². The van der Waals surface area contributed by atoms with Gasteiger partial charge in [-0.2, -0.15) is 0 Å². The molecule has 29 heavy (non-hydrogen) atoms. The minimum Gasteiger partial charge on any atom is -0.480 e. The van der Waals surface area contributed by atoms with Gasteiger partial charge in [-0.3, -0.25) is 14.4 Å². The molecule has 1 fully saturated rings. The molecule has 1 aliphatic rings. The zero-order chi connectivity index (χ0) is 21.4. The number of aliphatic hydroxyl groups excluding tert-OH is 1. The number of aliphatic hydroxyl groups is 1. The smallest absolute Gasteiger partial charge is 0.322 e. The summed E-state index contributed by atoms with van der Waals surface area (Å²) in [6, 6.07) is 7.42. The molecule has 0 bridgehead atoms. The second kappa shape index (κ2) is 10.4. The van der Waals surface area contributed by atoms with Gasteiger partial charge < -0.3 is 25.2 Å². The number of hydrogen-bond donors (Lipinski definition) is 3. The molecule has 2 unspecified atom stereocenters. The van der Waals surface area contributed by atoms with Gasteiger partial charge in [-0.1, -0.05) is 25.5 Å². The molecule has 1 aromatic rings. The average molecular weight is 406 g/mol. The molecule has 0 spiro atoms. The lowest BCUT2D eigenvalue weighted by molar-refractivity contribution is -0.143. The zero-order valence-corrected chi connectivity index (χ0v) is 17.0. The topological polar surface area (TPSA) is 116 Å². The van der Waals surface area contributed by atoms with Crippen molar-refractivity contribution in [2.24, 2.45) is 0 Å². The molecular weight excluding hydrogens is 376 g/mol. The van der Waals surface area contributed by atoms with Crippen LogP contribution in [0.3, 0.4) is 0 Å². The van der Waals surface area contributed by atoms with Gasteiger partial charge in [0.1, 0.15) is 18.4 Å². The number of carboxylic acids is 1. The Labute approximate surface area is 170 Å². The summed E-state index contributed by atoms with van der Waals surface area (Å²) in [7, 11) is 2.12. The molecule has 3 N–H and O–H groups in total. The molecule has 1 heterocycles. The highest BCUT2D eigenvalue weighted by molar-refractivity contribution is 5.88. The van der Waals surface area contributed by atoms with Gasteiger partial charge in [0.2, 0.25) is 5.91 Å². The van der Waals surface area contributed by atoms with E-state index < -0.39 is 36.9 Å². The highest BCUT2D eigenvalue weighted by Gasteiger charge is 2.33. The van der Waals surface area contributed by atoms with Crippen molar-refractivity contribution < 1.29 is 29.3 Å². The monoisotopic (exact) mass is 406 g/mol. The summed E-state index contributed by atoms with van der Waals surface area (Å²) in [4.78, 5) is 36.5. The molecule has 2 rings (SSSR count). The van der Waals surface area contributed by atoms with Crippen LogP contribution < -0.4 is 10.1 Å². The number of nitrogens with one attached hydrogen (secondary N) is 1. The number of carbonyl (C=O) groups is 3. The quantitative estimate of drug-likeness (QED) is 0.440. The number of likely N-dealkylation sites (N-methyl/N-ethyl adjacent to an activating group) is 1. The number of aliphatic carboxylic acids is 1. The highest BCUT2D eigenvalue weighted by atomic mass is 16.5. The van der Waals surface area contributed by atoms with Gasteiger partial charge in [0.05, 0.1) is 6.42 Å². The minimum absolute atomic E-state index is 0.0100. The van der Waals surface area contributed by atoms with Crippen molar-refractivity contribution in [3.05, 3.63) is 29.8 Å². The van der Waals surface area contributed by atoms with E-state index in [-0.39, 0.29) is 5.41 Å². The van der Waals surface area contributed by atoms with Crippen molar-refractivity contribution >= 4 is 17.8 Å². The van der Waals surface area contributed by atoms with E-state index in [2.05, 4.69) is 18.9 Å². The molecule has 8 heteroatoms. The molecule has 1 aliphatic heterocycles. The normalized spacial score (nSPS) is 21.1. The van der Waals surface area contributed by atoms with Crippen molar-refractivity contribution in [1.82, 2.24) is 10.2 Å². The molecular formula is C21H30N2O6. The van der Waals surface area contributed by atoms with Gasteiger partial charge in [-0.05, 0) is 50.6 Å². The Balaban J connectivity index is 2.04. The highest BCUT2D eigenvalue weighted by Crippen LogP contribution is 2.37. The average Bonchev–Trinajstić information content (AvgIpc) is 2.88. The van der Waals surface area contributed by atoms with E-state index in [1.165, 1.54) is 0 Å². The maximum absolute atomic E-state index is 12.1. The number of carbonyl (C=O) groups excluding carboxylic acids is 2. The van der Waals surface area contributed by atoms with Crippen LogP contribution in [0.5, 0.6) is 5.75 Å². The van der Waals surface area contributed by atoms with Crippen LogP contribution >= 0.6 is 0 Å². The van der Waals surface area contributed by atoms with Crippen molar-refractivity contribution in [3.8, 4) is 5.75 Å². The number of amides is 1. The number of nitrogens with zero attached hydrogens (tertiary/aromatic N) is 1. The standard InChI is InChI=1S/C21H30N2O6/c1-3-21(9-4-5-10-23(2)14-21)15-7-6-8-16(11-15)29-19(27)12-17(24)20(28)22-13-18(25)26/h6-8,11,17,24H,3-5,9-10,12-14H2,1-2H3,(H,22,28)(H,25,26). The Bertz CT molecular complexity index is 738. The number of hydrogen-bond acceptors (Lipinski definition) is 6. The van der Waals surface area contributed by atoms with E-state index in [4.69, 9.17) is 9.84 Å². The first-order valence-electron chi connectivity index (χ1n) is 9.93. The van der Waals surface area contributed by atoms with Crippen molar-refractivity contribution in [2.75, 3.05) is 26.7 Å². The fraction of sp³-hybridized carbons (Fsp3) is 0.571. The van der Waals surface area contributed by atoms with Crippen LogP contribution in [-0.4, -0.2) is 65.7 Å². The molecule has 0 aromatic heterocycles. The Hall–Kier alpha value is -2.45. The first-order chi connectivity index (χ1) is 13.8. The third-order valence-electron chi connectivity index (χ3n) is 5.45. The number of rotatable bonds is 8. The molecule has 0 aliphatic carbocycles. The number of esters is 1. The molecule has 1 amide bonds. The van der Waals surface area contributed by atoms with Crippen LogP contribution in [-0.2, 0) is 19.8 Å². The lowest BCUT2D eigenvalue weighted by Crippen LogP contribution is -2.39. The van der Waals surface area contributed by atoms with Crippen molar-refractivity contribution in [2.45, 2.75) is 50.5 Å². The van der Waals surface area contributed by atoms with Crippen LogP contribution in [0.25, 0.3) is 0 Å². The van der Waals surface area contributed by atoms with Crippen LogP contribution in [0.15, 0.2) is 24.3 Å². The molecule has 1 saturated heterocycles. The lowest BCUT2D eigenvalue weighted by atomic mass is 9.74. The van der Waals surface area contributed by atoms with Crippen molar-refractivity contribution in [1.29, 1.82) is 0 Å². The Morgan fingerprint density at radius 3 is 2.76 bits per heavy atom. The van der Waals surface area contributed by atoms with E-state index >= 15 is 0 Å². The maximum atomic E-state index is 12.1. The summed E-state index contributed by atoms with van der Waals surface area (Å²) in [5.41, 5.74) is 1.10. The third-order valence-corrected chi connectivity index (χ3v) is 5.45. The van der Waals surface area contributed by atoms with E-state index in [9.17, 15) is 19.5 Å². The fourth-order valence-electron chi connectivity index (χ4n) is 3.84. The Morgan fingerprint density at radius 2 is 2.07 bits per heavy atom. The predicted molar refractivity (Wildman–Crippen MR) is 107 cm³/mol. The summed E-state index contributed by atoms with van der Waals surface area (Å²) in [5, 5.41) is 20.3. The second-order valence-corrected chi connectivity index (χ2v) is 7.66. The van der Waals surface area contributed by atoms with Gasteiger partial charge >= 0.3 is 11.9 Å². The molecule has 2 atom stereocenters. The van der Waals surface area contributed by atoms with Crippen LogP contribution in [0.4, 0.5) is 0 Å². The Kier molecular flexibility index (Phi) is 8.16. The van der Waals surface area contributed by atoms with Gasteiger partial charge in [0.15, 0.2) is 0 Å². The molecule has 0 radical (unpaired) electrons. The summed E-state index contributed by atoms with van der Waals surface area (Å²) >= 11 is 0. The summed E-state index contributed by atoms with van der Waals surface area (Å²) in [6.45, 7) is 3.55. The van der Waals surface area contributed by atoms with Crippen LogP contribution in [0.2, 0.25) is 0 Å². The summed E-state index contributed by atoms with van der Waals surface area (Å²) < 4.78 is 5.33. The molecule has 1 aromatic carbocycles. The van der Waals surface area contributed by atoms with Crippen LogP contribution in [0.1, 0.15) is 44.6 Å². The predicted octanol–water partition coefficient (Wildman–Crippen LogP) is 1.31. The first kappa shape index (κ1) is 22.8. The fourth-order valence-corrected chi connectivity index (χ4v) is 3.84. The molecule has 160 valence electrons. The minimum atomic E-state index is -1.66. The first-order valence-corrected chi connectivity index (χ1v) is 9.93. The number of likely N-dealkylation sites (tertiary alicyclic amines) is 1.